The first-order valence-electron chi connectivity index (χ1n) is 10.4. The average Bonchev–Trinajstić information content (AvgIpc) is 2.79. The van der Waals surface area contributed by atoms with Crippen LogP contribution in [0.4, 0.5) is 0 Å². The molecule has 2 aromatic carbocycles. The van der Waals surface area contributed by atoms with Gasteiger partial charge in [-0.25, -0.2) is 0 Å². The number of methoxy groups -OCH3 is 2. The van der Waals surface area contributed by atoms with Crippen LogP contribution < -0.4 is 19.1 Å². The van der Waals surface area contributed by atoms with Crippen molar-refractivity contribution in [2.45, 2.75) is 13.5 Å². The van der Waals surface area contributed by atoms with E-state index < -0.39 is 0 Å². The normalized spacial score (nSPS) is 14.7. The second-order valence-corrected chi connectivity index (χ2v) is 7.28. The fraction of sp³-hybridized carbons (Fsp3) is 0.375. The van der Waals surface area contributed by atoms with E-state index in [1.807, 2.05) is 48.2 Å². The summed E-state index contributed by atoms with van der Waals surface area (Å²) in [6.45, 7) is 6.88. The molecule has 1 amide bonds. The number of hydrogen-bond donors (Lipinski definition) is 1. The van der Waals surface area contributed by atoms with Gasteiger partial charge in [-0.3, -0.25) is 4.79 Å². The number of quaternary nitrogens is 1. The lowest BCUT2D eigenvalue weighted by Gasteiger charge is -2.31. The second kappa shape index (κ2) is 10.7. The van der Waals surface area contributed by atoms with E-state index in [-0.39, 0.29) is 5.91 Å². The fourth-order valence-electron chi connectivity index (χ4n) is 3.59. The fourth-order valence-corrected chi connectivity index (χ4v) is 3.59. The summed E-state index contributed by atoms with van der Waals surface area (Å²) in [5, 5.41) is 0. The van der Waals surface area contributed by atoms with E-state index in [0.717, 1.165) is 44.0 Å². The van der Waals surface area contributed by atoms with Gasteiger partial charge in [0.25, 0.3) is 0 Å². The van der Waals surface area contributed by atoms with Gasteiger partial charge in [0.1, 0.15) is 12.3 Å². The first-order chi connectivity index (χ1) is 14.6. The Labute approximate surface area is 178 Å². The highest BCUT2D eigenvalue weighted by Crippen LogP contribution is 2.28. The van der Waals surface area contributed by atoms with E-state index >= 15 is 0 Å². The van der Waals surface area contributed by atoms with Crippen LogP contribution in [-0.4, -0.2) is 57.8 Å². The van der Waals surface area contributed by atoms with E-state index in [4.69, 9.17) is 14.2 Å². The second-order valence-electron chi connectivity index (χ2n) is 7.28. The minimum absolute atomic E-state index is 0.0484. The van der Waals surface area contributed by atoms with Crippen molar-refractivity contribution in [1.29, 1.82) is 0 Å². The van der Waals surface area contributed by atoms with Crippen molar-refractivity contribution in [3.05, 3.63) is 59.7 Å². The number of carbonyl (C=O) groups excluding carboxylic acids is 1. The summed E-state index contributed by atoms with van der Waals surface area (Å²) in [6, 6.07) is 13.9. The third-order valence-corrected chi connectivity index (χ3v) is 5.30. The zero-order chi connectivity index (χ0) is 21.3. The number of amides is 1. The van der Waals surface area contributed by atoms with Crippen molar-refractivity contribution in [3.8, 4) is 17.2 Å². The highest BCUT2D eigenvalue weighted by Gasteiger charge is 2.22. The van der Waals surface area contributed by atoms with Crippen LogP contribution in [0.2, 0.25) is 0 Å². The maximum atomic E-state index is 12.6. The van der Waals surface area contributed by atoms with E-state index in [0.29, 0.717) is 18.1 Å². The van der Waals surface area contributed by atoms with Crippen LogP contribution in [0.5, 0.6) is 17.2 Å². The van der Waals surface area contributed by atoms with Gasteiger partial charge < -0.3 is 24.0 Å². The SMILES string of the molecule is CCOc1cc(/C=C/C(=O)N2CC[NH+](Cc3ccc(OC)cc3)CC2)ccc1OC. The predicted molar refractivity (Wildman–Crippen MR) is 117 cm³/mol. The molecule has 0 aromatic heterocycles. The number of nitrogens with one attached hydrogen (secondary N) is 1. The largest absolute Gasteiger partial charge is 0.497 e. The summed E-state index contributed by atoms with van der Waals surface area (Å²) in [5.41, 5.74) is 2.20. The van der Waals surface area contributed by atoms with Gasteiger partial charge in [-0.15, -0.1) is 0 Å². The summed E-state index contributed by atoms with van der Waals surface area (Å²) < 4.78 is 16.1. The number of hydrogen-bond acceptors (Lipinski definition) is 4. The van der Waals surface area contributed by atoms with Crippen LogP contribution in [0.3, 0.4) is 0 Å². The lowest BCUT2D eigenvalue weighted by molar-refractivity contribution is -0.917. The monoisotopic (exact) mass is 411 g/mol. The van der Waals surface area contributed by atoms with Crippen molar-refractivity contribution < 1.29 is 23.9 Å². The highest BCUT2D eigenvalue weighted by atomic mass is 16.5. The molecule has 6 nitrogen and oxygen atoms in total. The minimum Gasteiger partial charge on any atom is -0.497 e. The van der Waals surface area contributed by atoms with Crippen molar-refractivity contribution in [2.24, 2.45) is 0 Å². The Morgan fingerprint density at radius 3 is 2.40 bits per heavy atom. The Bertz CT molecular complexity index is 856. The number of benzene rings is 2. The van der Waals surface area contributed by atoms with Crippen molar-refractivity contribution in [2.75, 3.05) is 47.0 Å². The third kappa shape index (κ3) is 5.76. The van der Waals surface area contributed by atoms with Gasteiger partial charge in [-0.05, 0) is 55.0 Å². The standard InChI is InChI=1S/C24H30N2O4/c1-4-30-23-17-19(7-11-22(23)29-3)8-12-24(27)26-15-13-25(14-16-26)18-20-5-9-21(28-2)10-6-20/h5-12,17H,4,13-16,18H2,1-3H3/p+1/b12-8+. The number of rotatable bonds is 8. The van der Waals surface area contributed by atoms with E-state index in [1.165, 1.54) is 10.5 Å². The van der Waals surface area contributed by atoms with Gasteiger partial charge in [0.15, 0.2) is 11.5 Å². The molecule has 3 rings (SSSR count). The molecule has 1 N–H and O–H groups in total. The smallest absolute Gasteiger partial charge is 0.246 e. The minimum atomic E-state index is 0.0484. The first kappa shape index (κ1) is 21.7. The molecule has 0 saturated carbocycles. The van der Waals surface area contributed by atoms with Crippen LogP contribution in [-0.2, 0) is 11.3 Å². The summed E-state index contributed by atoms with van der Waals surface area (Å²) in [7, 11) is 3.30. The molecule has 0 aliphatic carbocycles. The third-order valence-electron chi connectivity index (χ3n) is 5.30. The molecule has 0 atom stereocenters. The maximum absolute atomic E-state index is 12.6. The molecule has 160 valence electrons. The van der Waals surface area contributed by atoms with E-state index in [1.54, 1.807) is 20.3 Å². The molecule has 1 aliphatic heterocycles. The van der Waals surface area contributed by atoms with E-state index in [2.05, 4.69) is 12.1 Å². The molecule has 1 aliphatic rings. The number of nitrogens with zero attached hydrogens (tertiary/aromatic N) is 1. The van der Waals surface area contributed by atoms with Crippen LogP contribution in [0, 0.1) is 0 Å². The Morgan fingerprint density at radius 1 is 1.03 bits per heavy atom. The maximum Gasteiger partial charge on any atom is 0.246 e. The zero-order valence-electron chi connectivity index (χ0n) is 18.0. The Balaban J connectivity index is 1.51. The molecular weight excluding hydrogens is 380 g/mol. The van der Waals surface area contributed by atoms with Gasteiger partial charge in [0, 0.05) is 11.6 Å². The van der Waals surface area contributed by atoms with Crippen molar-refractivity contribution in [3.63, 3.8) is 0 Å². The number of ether oxygens (including phenoxy) is 3. The first-order valence-corrected chi connectivity index (χ1v) is 10.4. The Morgan fingerprint density at radius 2 is 1.77 bits per heavy atom. The number of piperazine rings is 1. The lowest BCUT2D eigenvalue weighted by atomic mass is 10.1. The van der Waals surface area contributed by atoms with Crippen molar-refractivity contribution >= 4 is 12.0 Å². The summed E-state index contributed by atoms with van der Waals surface area (Å²) in [4.78, 5) is 16.0. The van der Waals surface area contributed by atoms with Crippen LogP contribution in [0.1, 0.15) is 18.1 Å². The molecular formula is C24H31N2O4+. The topological polar surface area (TPSA) is 52.4 Å². The van der Waals surface area contributed by atoms with Crippen LogP contribution >= 0.6 is 0 Å². The molecule has 1 fully saturated rings. The van der Waals surface area contributed by atoms with Crippen LogP contribution in [0.25, 0.3) is 6.08 Å². The average molecular weight is 412 g/mol. The molecule has 0 radical (unpaired) electrons. The van der Waals surface area contributed by atoms with Crippen LogP contribution in [0.15, 0.2) is 48.5 Å². The number of carbonyl (C=O) groups is 1. The zero-order valence-corrected chi connectivity index (χ0v) is 18.0. The molecule has 30 heavy (non-hydrogen) atoms. The van der Waals surface area contributed by atoms with Crippen molar-refractivity contribution in [1.82, 2.24) is 4.90 Å². The molecule has 0 spiro atoms. The van der Waals surface area contributed by atoms with E-state index in [9.17, 15) is 4.79 Å². The predicted octanol–water partition coefficient (Wildman–Crippen LogP) is 2.04. The Kier molecular flexibility index (Phi) is 7.74. The molecule has 1 heterocycles. The van der Waals surface area contributed by atoms with Gasteiger partial charge >= 0.3 is 0 Å². The quantitative estimate of drug-likeness (QED) is 0.676. The molecule has 0 bridgehead atoms. The molecule has 2 aromatic rings. The summed E-state index contributed by atoms with van der Waals surface area (Å²) in [6.07, 6.45) is 3.48. The summed E-state index contributed by atoms with van der Waals surface area (Å²) >= 11 is 0. The highest BCUT2D eigenvalue weighted by molar-refractivity contribution is 5.91. The van der Waals surface area contributed by atoms with Gasteiger partial charge in [0.2, 0.25) is 5.91 Å². The van der Waals surface area contributed by atoms with Gasteiger partial charge in [-0.1, -0.05) is 6.07 Å². The summed E-state index contributed by atoms with van der Waals surface area (Å²) in [5.74, 6) is 2.30. The molecule has 1 saturated heterocycles. The lowest BCUT2D eigenvalue weighted by Crippen LogP contribution is -3.13. The van der Waals surface area contributed by atoms with Gasteiger partial charge in [0.05, 0.1) is 47.0 Å². The Hall–Kier alpha value is -2.99. The van der Waals surface area contributed by atoms with Gasteiger partial charge in [-0.2, -0.15) is 0 Å². The molecule has 0 unspecified atom stereocenters. The molecule has 6 heteroatoms.